The average Bonchev–Trinajstić information content (AvgIpc) is 2.47. The summed E-state index contributed by atoms with van der Waals surface area (Å²) in [4.78, 5) is 17.8. The van der Waals surface area contributed by atoms with E-state index >= 15 is 0 Å². The quantitative estimate of drug-likeness (QED) is 0.806. The fourth-order valence-electron chi connectivity index (χ4n) is 2.15. The smallest absolute Gasteiger partial charge is 0.255 e. The molecule has 0 aromatic carbocycles. The molecule has 0 atom stereocenters. The zero-order valence-electron chi connectivity index (χ0n) is 11.2. The summed E-state index contributed by atoms with van der Waals surface area (Å²) in [5.41, 5.74) is 0.529. The highest BCUT2D eigenvalue weighted by molar-refractivity contribution is 7.89. The highest BCUT2D eigenvalue weighted by atomic mass is 32.2. The summed E-state index contributed by atoms with van der Waals surface area (Å²) in [5, 5.41) is 0. The van der Waals surface area contributed by atoms with Crippen LogP contribution in [-0.2, 0) is 10.0 Å². The molecule has 0 aliphatic carbocycles. The summed E-state index contributed by atoms with van der Waals surface area (Å²) in [6.07, 6.45) is 3.49. The highest BCUT2D eigenvalue weighted by Crippen LogP contribution is 2.11. The number of aromatic nitrogens is 1. The third kappa shape index (κ3) is 3.34. The molecule has 1 aliphatic heterocycles. The Labute approximate surface area is 119 Å². The number of carbonyl (C=O) groups excluding carboxylic acids is 1. The zero-order valence-corrected chi connectivity index (χ0v) is 12.1. The molecule has 109 valence electrons. The van der Waals surface area contributed by atoms with Gasteiger partial charge in [-0.05, 0) is 18.6 Å². The Balaban J connectivity index is 1.97. The molecule has 0 spiro atoms. The van der Waals surface area contributed by atoms with Crippen molar-refractivity contribution in [3.63, 3.8) is 0 Å². The predicted molar refractivity (Wildman–Crippen MR) is 75.5 cm³/mol. The molecule has 2 heterocycles. The summed E-state index contributed by atoms with van der Waals surface area (Å²) >= 11 is 0. The second-order valence-electron chi connectivity index (χ2n) is 4.60. The van der Waals surface area contributed by atoms with Gasteiger partial charge >= 0.3 is 0 Å². The summed E-state index contributed by atoms with van der Waals surface area (Å²) in [7, 11) is -3.23. The molecular weight excluding hydrogens is 278 g/mol. The molecule has 0 saturated carbocycles. The maximum atomic E-state index is 12.2. The van der Waals surface area contributed by atoms with Crippen molar-refractivity contribution >= 4 is 15.9 Å². The second-order valence-corrected chi connectivity index (χ2v) is 6.69. The van der Waals surface area contributed by atoms with E-state index in [1.54, 1.807) is 23.2 Å². The Kier molecular flexibility index (Phi) is 4.72. The van der Waals surface area contributed by atoms with Crippen LogP contribution in [0.25, 0.3) is 0 Å². The lowest BCUT2D eigenvalue weighted by Gasteiger charge is -2.34. The van der Waals surface area contributed by atoms with E-state index in [0.717, 1.165) is 0 Å². The number of carbonyl (C=O) groups is 1. The number of nitrogens with zero attached hydrogens (tertiary/aromatic N) is 3. The van der Waals surface area contributed by atoms with E-state index in [0.29, 0.717) is 38.2 Å². The molecule has 7 heteroatoms. The first-order chi connectivity index (χ1) is 9.54. The predicted octanol–water partition coefficient (Wildman–Crippen LogP) is 0.393. The lowest BCUT2D eigenvalue weighted by molar-refractivity contribution is 0.0697. The number of pyridine rings is 1. The van der Waals surface area contributed by atoms with E-state index in [1.165, 1.54) is 10.5 Å². The van der Waals surface area contributed by atoms with Gasteiger partial charge in [0.05, 0.1) is 11.3 Å². The Morgan fingerprint density at radius 3 is 2.55 bits per heavy atom. The van der Waals surface area contributed by atoms with Crippen LogP contribution < -0.4 is 0 Å². The van der Waals surface area contributed by atoms with Gasteiger partial charge in [0.25, 0.3) is 5.91 Å². The molecule has 1 aromatic heterocycles. The average molecular weight is 296 g/mol. The summed E-state index contributed by atoms with van der Waals surface area (Å²) < 4.78 is 25.2. The minimum Gasteiger partial charge on any atom is -0.336 e. The van der Waals surface area contributed by atoms with E-state index in [9.17, 15) is 13.2 Å². The van der Waals surface area contributed by atoms with Crippen molar-refractivity contribution in [1.82, 2.24) is 14.2 Å². The molecule has 1 radical (unpaired) electrons. The maximum absolute atomic E-state index is 12.2. The standard InChI is InChI=1S/C13H18N3O3S/c1-2-10-20(18,19)16-8-6-15(7-9-16)13(17)12-4-3-5-14-11-12/h3-5,11H,1-2,6-10H2. The first kappa shape index (κ1) is 14.9. The lowest BCUT2D eigenvalue weighted by Crippen LogP contribution is -2.51. The van der Waals surface area contributed by atoms with Gasteiger partial charge in [0.15, 0.2) is 0 Å². The topological polar surface area (TPSA) is 70.6 Å². The van der Waals surface area contributed by atoms with E-state index in [4.69, 9.17) is 0 Å². The summed E-state index contributed by atoms with van der Waals surface area (Å²) in [6, 6.07) is 3.42. The number of sulfonamides is 1. The van der Waals surface area contributed by atoms with E-state index in [2.05, 4.69) is 11.9 Å². The molecule has 1 aromatic rings. The third-order valence-corrected chi connectivity index (χ3v) is 5.19. The van der Waals surface area contributed by atoms with Crippen molar-refractivity contribution in [1.29, 1.82) is 0 Å². The van der Waals surface area contributed by atoms with Gasteiger partial charge in [-0.15, -0.1) is 0 Å². The van der Waals surface area contributed by atoms with Crippen molar-refractivity contribution in [2.24, 2.45) is 0 Å². The molecule has 20 heavy (non-hydrogen) atoms. The normalized spacial score (nSPS) is 17.1. The molecule has 1 saturated heterocycles. The number of piperazine rings is 1. The maximum Gasteiger partial charge on any atom is 0.255 e. The fourth-order valence-corrected chi connectivity index (χ4v) is 3.50. The minimum atomic E-state index is -3.23. The SMILES string of the molecule is [CH2]CCS(=O)(=O)N1CCN(C(=O)c2cccnc2)CC1. The van der Waals surface area contributed by atoms with Crippen LogP contribution in [0.1, 0.15) is 16.8 Å². The number of hydrogen-bond donors (Lipinski definition) is 0. The van der Waals surface area contributed by atoms with Crippen LogP contribution in [0.4, 0.5) is 0 Å². The van der Waals surface area contributed by atoms with Gasteiger partial charge in [0, 0.05) is 38.6 Å². The first-order valence-corrected chi connectivity index (χ1v) is 8.12. The Morgan fingerprint density at radius 1 is 1.30 bits per heavy atom. The number of hydrogen-bond acceptors (Lipinski definition) is 4. The van der Waals surface area contributed by atoms with Gasteiger partial charge in [-0.2, -0.15) is 4.31 Å². The molecular formula is C13H18N3O3S. The largest absolute Gasteiger partial charge is 0.336 e. The van der Waals surface area contributed by atoms with Crippen molar-refractivity contribution in [2.75, 3.05) is 31.9 Å². The van der Waals surface area contributed by atoms with Crippen molar-refractivity contribution in [3.8, 4) is 0 Å². The van der Waals surface area contributed by atoms with Crippen LogP contribution in [0.15, 0.2) is 24.5 Å². The van der Waals surface area contributed by atoms with E-state index in [1.807, 2.05) is 0 Å². The summed E-state index contributed by atoms with van der Waals surface area (Å²) in [5.74, 6) is -0.0453. The van der Waals surface area contributed by atoms with Gasteiger partial charge in [-0.1, -0.05) is 6.92 Å². The Hall–Kier alpha value is -1.47. The highest BCUT2D eigenvalue weighted by Gasteiger charge is 2.28. The number of rotatable bonds is 4. The van der Waals surface area contributed by atoms with Crippen LogP contribution in [-0.4, -0.2) is 60.4 Å². The van der Waals surface area contributed by atoms with Gasteiger partial charge in [-0.25, -0.2) is 8.42 Å². The van der Waals surface area contributed by atoms with Crippen molar-refractivity contribution in [3.05, 3.63) is 37.0 Å². The van der Waals surface area contributed by atoms with Crippen LogP contribution in [0.3, 0.4) is 0 Å². The molecule has 0 N–H and O–H groups in total. The van der Waals surface area contributed by atoms with Gasteiger partial charge in [0.2, 0.25) is 10.0 Å². The number of amides is 1. The monoisotopic (exact) mass is 296 g/mol. The molecule has 0 bridgehead atoms. The Bertz CT molecular complexity index is 551. The van der Waals surface area contributed by atoms with Crippen LogP contribution in [0.2, 0.25) is 0 Å². The third-order valence-electron chi connectivity index (χ3n) is 3.23. The Morgan fingerprint density at radius 2 is 2.00 bits per heavy atom. The first-order valence-electron chi connectivity index (χ1n) is 6.51. The molecule has 2 rings (SSSR count). The van der Waals surface area contributed by atoms with E-state index < -0.39 is 10.0 Å². The van der Waals surface area contributed by atoms with E-state index in [-0.39, 0.29) is 11.7 Å². The molecule has 1 fully saturated rings. The minimum absolute atomic E-state index is 0.0591. The lowest BCUT2D eigenvalue weighted by atomic mass is 10.2. The van der Waals surface area contributed by atoms with Gasteiger partial charge in [-0.3, -0.25) is 9.78 Å². The van der Waals surface area contributed by atoms with Crippen LogP contribution >= 0.6 is 0 Å². The molecule has 1 amide bonds. The van der Waals surface area contributed by atoms with Crippen molar-refractivity contribution in [2.45, 2.75) is 6.42 Å². The van der Waals surface area contributed by atoms with Crippen LogP contribution in [0.5, 0.6) is 0 Å². The zero-order chi connectivity index (χ0) is 14.6. The fraction of sp³-hybridized carbons (Fsp3) is 0.462. The molecule has 6 nitrogen and oxygen atoms in total. The van der Waals surface area contributed by atoms with Gasteiger partial charge < -0.3 is 4.90 Å². The summed E-state index contributed by atoms with van der Waals surface area (Å²) in [6.45, 7) is 5.07. The second kappa shape index (κ2) is 6.32. The van der Waals surface area contributed by atoms with Gasteiger partial charge in [0.1, 0.15) is 0 Å². The molecule has 1 aliphatic rings. The molecule has 0 unspecified atom stereocenters. The van der Waals surface area contributed by atoms with Crippen molar-refractivity contribution < 1.29 is 13.2 Å². The van der Waals surface area contributed by atoms with Crippen LogP contribution in [0, 0.1) is 6.92 Å².